The number of halogens is 4. The fourth-order valence-electron chi connectivity index (χ4n) is 5.12. The van der Waals surface area contributed by atoms with Crippen LogP contribution in [0.25, 0.3) is 0 Å². The van der Waals surface area contributed by atoms with Gasteiger partial charge in [-0.25, -0.2) is 0 Å². The Morgan fingerprint density at radius 1 is 0.905 bits per heavy atom. The van der Waals surface area contributed by atoms with Gasteiger partial charge in [0.15, 0.2) is 0 Å². The molecule has 0 saturated heterocycles. The lowest BCUT2D eigenvalue weighted by Gasteiger charge is -2.36. The second kappa shape index (κ2) is 13.9. The maximum atomic E-state index is 13.7. The smallest absolute Gasteiger partial charge is 0.417 e. The van der Waals surface area contributed by atoms with Crippen molar-refractivity contribution in [1.82, 2.24) is 5.32 Å². The molecule has 42 heavy (non-hydrogen) atoms. The second-order valence-corrected chi connectivity index (χ2v) is 10.7. The van der Waals surface area contributed by atoms with Crippen molar-refractivity contribution in [3.63, 3.8) is 0 Å². The summed E-state index contributed by atoms with van der Waals surface area (Å²) in [6, 6.07) is 30.6. The molecule has 4 aromatic rings. The molecule has 4 nitrogen and oxygen atoms in total. The monoisotopic (exact) mass is 595 g/mol. The Kier molecular flexibility index (Phi) is 10.3. The molecule has 0 heterocycles. The summed E-state index contributed by atoms with van der Waals surface area (Å²) in [5.74, 6) is -0.935. The summed E-state index contributed by atoms with van der Waals surface area (Å²) in [5.41, 5.74) is 1.44. The summed E-state index contributed by atoms with van der Waals surface area (Å²) in [4.78, 5) is 11.3. The van der Waals surface area contributed by atoms with Crippen LogP contribution < -0.4 is 10.1 Å². The van der Waals surface area contributed by atoms with E-state index in [1.165, 1.54) is 6.07 Å². The number of nitrogens with one attached hydrogen (secondary N) is 1. The highest BCUT2D eigenvalue weighted by Gasteiger charge is 2.38. The molecule has 0 amide bonds. The van der Waals surface area contributed by atoms with Crippen LogP contribution in [0.15, 0.2) is 103 Å². The molecule has 0 aliphatic carbocycles. The Morgan fingerprint density at radius 3 is 2.12 bits per heavy atom. The van der Waals surface area contributed by atoms with Gasteiger partial charge in [0, 0.05) is 12.0 Å². The third-order valence-electron chi connectivity index (χ3n) is 7.45. The molecule has 2 N–H and O–H groups in total. The summed E-state index contributed by atoms with van der Waals surface area (Å²) in [6.07, 6.45) is -3.65. The SMILES string of the molecule is CC(C(=O)O)c1cccc(OCCCNCC(Cc2cccc(C(F)(F)F)c2Cl)(c2ccccc2)c2ccccc2)c1. The highest BCUT2D eigenvalue weighted by atomic mass is 35.5. The number of carbonyl (C=O) groups is 1. The second-order valence-electron chi connectivity index (χ2n) is 10.3. The first-order valence-electron chi connectivity index (χ1n) is 13.7. The van der Waals surface area contributed by atoms with Crippen LogP contribution in [0.2, 0.25) is 5.02 Å². The molecule has 0 radical (unpaired) electrons. The summed E-state index contributed by atoms with van der Waals surface area (Å²) in [5, 5.41) is 12.5. The van der Waals surface area contributed by atoms with E-state index in [9.17, 15) is 23.1 Å². The van der Waals surface area contributed by atoms with E-state index in [0.717, 1.165) is 17.2 Å². The van der Waals surface area contributed by atoms with Gasteiger partial charge in [-0.3, -0.25) is 4.79 Å². The molecule has 1 unspecified atom stereocenters. The Balaban J connectivity index is 1.54. The number of ether oxygens (including phenoxy) is 1. The number of benzene rings is 4. The molecule has 4 rings (SSSR count). The van der Waals surface area contributed by atoms with E-state index in [-0.39, 0.29) is 11.4 Å². The lowest BCUT2D eigenvalue weighted by atomic mass is 9.70. The first-order valence-corrected chi connectivity index (χ1v) is 14.1. The molecular weight excluding hydrogens is 563 g/mol. The van der Waals surface area contributed by atoms with Gasteiger partial charge >= 0.3 is 12.1 Å². The highest BCUT2D eigenvalue weighted by Crippen LogP contribution is 2.41. The molecule has 0 aliphatic heterocycles. The van der Waals surface area contributed by atoms with Gasteiger partial charge in [0.05, 0.1) is 23.1 Å². The van der Waals surface area contributed by atoms with Gasteiger partial charge in [-0.15, -0.1) is 0 Å². The average Bonchev–Trinajstić information content (AvgIpc) is 2.99. The van der Waals surface area contributed by atoms with Crippen molar-refractivity contribution in [3.8, 4) is 5.75 Å². The standard InChI is InChI=1S/C34H33ClF3NO3/c1-24(32(40)41)25-11-8-17-29(21-25)42-20-10-19-39-23-33(27-13-4-2-5-14-27,28-15-6-3-7-16-28)22-26-12-9-18-30(31(26)35)34(36,37)38/h2-9,11-18,21,24,39H,10,19-20,22-23H2,1H3,(H,40,41). The molecule has 220 valence electrons. The van der Waals surface area contributed by atoms with Gasteiger partial charge in [0.2, 0.25) is 0 Å². The summed E-state index contributed by atoms with van der Waals surface area (Å²) >= 11 is 6.39. The van der Waals surface area contributed by atoms with Gasteiger partial charge in [0.1, 0.15) is 5.75 Å². The van der Waals surface area contributed by atoms with E-state index in [0.29, 0.717) is 43.0 Å². The molecule has 0 saturated carbocycles. The van der Waals surface area contributed by atoms with Crippen LogP contribution >= 0.6 is 11.6 Å². The first kappa shape index (κ1) is 31.1. The maximum Gasteiger partial charge on any atom is 0.417 e. The van der Waals surface area contributed by atoms with E-state index in [4.69, 9.17) is 16.3 Å². The summed E-state index contributed by atoms with van der Waals surface area (Å²) in [6.45, 7) is 3.06. The van der Waals surface area contributed by atoms with Crippen LogP contribution in [-0.2, 0) is 22.8 Å². The maximum absolute atomic E-state index is 13.7. The van der Waals surface area contributed by atoms with Gasteiger partial charge in [-0.1, -0.05) is 96.5 Å². The minimum atomic E-state index is -4.56. The Hall–Kier alpha value is -3.81. The van der Waals surface area contributed by atoms with Crippen molar-refractivity contribution in [2.75, 3.05) is 19.7 Å². The van der Waals surface area contributed by atoms with Crippen LogP contribution in [0, 0.1) is 0 Å². The zero-order valence-electron chi connectivity index (χ0n) is 23.2. The molecule has 0 bridgehead atoms. The summed E-state index contributed by atoms with van der Waals surface area (Å²) in [7, 11) is 0. The number of hydrogen-bond donors (Lipinski definition) is 2. The van der Waals surface area contributed by atoms with Crippen LogP contribution in [0.4, 0.5) is 13.2 Å². The highest BCUT2D eigenvalue weighted by molar-refractivity contribution is 6.32. The Labute approximate surface area is 249 Å². The minimum absolute atomic E-state index is 0.252. The largest absolute Gasteiger partial charge is 0.494 e. The van der Waals surface area contributed by atoms with Crippen molar-refractivity contribution < 1.29 is 27.8 Å². The van der Waals surface area contributed by atoms with Crippen molar-refractivity contribution in [2.45, 2.75) is 37.3 Å². The third kappa shape index (κ3) is 7.52. The number of alkyl halides is 3. The molecule has 0 aromatic heterocycles. The third-order valence-corrected chi connectivity index (χ3v) is 7.90. The predicted molar refractivity (Wildman–Crippen MR) is 159 cm³/mol. The van der Waals surface area contributed by atoms with Crippen LogP contribution in [-0.4, -0.2) is 30.8 Å². The van der Waals surface area contributed by atoms with Crippen LogP contribution in [0.3, 0.4) is 0 Å². The van der Waals surface area contributed by atoms with Crippen LogP contribution in [0.5, 0.6) is 5.75 Å². The molecule has 4 aromatic carbocycles. The van der Waals surface area contributed by atoms with Gasteiger partial charge in [0.25, 0.3) is 0 Å². The topological polar surface area (TPSA) is 58.6 Å². The van der Waals surface area contributed by atoms with E-state index in [2.05, 4.69) is 5.32 Å². The fourth-order valence-corrected chi connectivity index (χ4v) is 5.42. The van der Waals surface area contributed by atoms with Crippen molar-refractivity contribution in [2.24, 2.45) is 0 Å². The molecule has 0 fully saturated rings. The van der Waals surface area contributed by atoms with E-state index in [1.807, 2.05) is 60.7 Å². The zero-order valence-corrected chi connectivity index (χ0v) is 24.0. The number of aliphatic carboxylic acids is 1. The molecular formula is C34H33ClF3NO3. The molecule has 1 atom stereocenters. The first-order chi connectivity index (χ1) is 20.1. The van der Waals surface area contributed by atoms with Gasteiger partial charge in [-0.2, -0.15) is 13.2 Å². The lowest BCUT2D eigenvalue weighted by Crippen LogP contribution is -2.42. The number of hydrogen-bond acceptors (Lipinski definition) is 3. The Morgan fingerprint density at radius 2 is 1.52 bits per heavy atom. The van der Waals surface area contributed by atoms with Crippen LogP contribution in [0.1, 0.15) is 47.1 Å². The molecule has 0 aliphatic rings. The number of rotatable bonds is 13. The van der Waals surface area contributed by atoms with E-state index in [1.54, 1.807) is 37.3 Å². The summed E-state index contributed by atoms with van der Waals surface area (Å²) < 4.78 is 47.0. The van der Waals surface area contributed by atoms with Crippen molar-refractivity contribution in [1.29, 1.82) is 0 Å². The lowest BCUT2D eigenvalue weighted by molar-refractivity contribution is -0.138. The quantitative estimate of drug-likeness (QED) is 0.153. The molecule has 0 spiro atoms. The molecule has 8 heteroatoms. The van der Waals surface area contributed by atoms with Crippen molar-refractivity contribution in [3.05, 3.63) is 136 Å². The predicted octanol–water partition coefficient (Wildman–Crippen LogP) is 8.13. The van der Waals surface area contributed by atoms with Gasteiger partial charge in [-0.05, 0) is 66.8 Å². The van der Waals surface area contributed by atoms with Gasteiger partial charge < -0.3 is 15.2 Å². The normalized spacial score (nSPS) is 12.6. The number of carboxylic acids is 1. The Bertz CT molecular complexity index is 1420. The average molecular weight is 596 g/mol. The van der Waals surface area contributed by atoms with E-state index < -0.39 is 29.0 Å². The zero-order chi connectivity index (χ0) is 30.2. The number of carboxylic acid groups (broad SMARTS) is 1. The minimum Gasteiger partial charge on any atom is -0.494 e. The van der Waals surface area contributed by atoms with Crippen molar-refractivity contribution >= 4 is 17.6 Å². The fraction of sp³-hybridized carbons (Fsp3) is 0.265. The van der Waals surface area contributed by atoms with E-state index >= 15 is 0 Å².